The molecule has 0 aromatic carbocycles. The number of nitrogens with zero attached hydrogens (tertiary/aromatic N) is 1. The van der Waals surface area contributed by atoms with Crippen molar-refractivity contribution in [2.24, 2.45) is 0 Å². The number of hydrogen-bond donors (Lipinski definition) is 3. The van der Waals surface area contributed by atoms with Crippen molar-refractivity contribution in [2.75, 3.05) is 5.32 Å². The predicted octanol–water partition coefficient (Wildman–Crippen LogP) is 2.57. The Labute approximate surface area is 175 Å². The average molecular weight is 424 g/mol. The summed E-state index contributed by atoms with van der Waals surface area (Å²) in [5, 5.41) is 5.92. The lowest BCUT2D eigenvalue weighted by Gasteiger charge is -2.33. The van der Waals surface area contributed by atoms with Crippen LogP contribution in [0.25, 0.3) is 0 Å². The number of hydrogen-bond acceptors (Lipinski definition) is 7. The molecule has 1 heterocycles. The monoisotopic (exact) mass is 424 g/mol. The second kappa shape index (κ2) is 8.93. The van der Waals surface area contributed by atoms with Gasteiger partial charge >= 0.3 is 17.9 Å². The topological polar surface area (TPSA) is 132 Å². The molecule has 0 bridgehead atoms. The maximum Gasteiger partial charge on any atom is 0.422 e. The lowest BCUT2D eigenvalue weighted by molar-refractivity contribution is 0.0486. The molecular weight excluding hydrogens is 392 g/mol. The van der Waals surface area contributed by atoms with E-state index in [1.807, 2.05) is 0 Å². The van der Waals surface area contributed by atoms with Gasteiger partial charge < -0.3 is 20.1 Å². The summed E-state index contributed by atoms with van der Waals surface area (Å²) in [4.78, 5) is 51.0. The van der Waals surface area contributed by atoms with Gasteiger partial charge in [0.15, 0.2) is 0 Å². The molecule has 1 aromatic rings. The molecule has 2 rings (SSSR count). The SMILES string of the molecule is CC(C)(C)OC(=O)N[C@@H]1CCCC[C@@H]1Nc1cn(C(=O)OC(C)(C)C)c(=O)[nH]c1=O. The van der Waals surface area contributed by atoms with Crippen LogP contribution in [0.2, 0.25) is 0 Å². The quantitative estimate of drug-likeness (QED) is 0.679. The van der Waals surface area contributed by atoms with Crippen LogP contribution in [-0.4, -0.2) is 45.0 Å². The van der Waals surface area contributed by atoms with Crippen LogP contribution in [0.3, 0.4) is 0 Å². The van der Waals surface area contributed by atoms with Crippen LogP contribution in [0.1, 0.15) is 67.2 Å². The number of anilines is 1. The Bertz CT molecular complexity index is 890. The van der Waals surface area contributed by atoms with Gasteiger partial charge in [-0.3, -0.25) is 9.78 Å². The van der Waals surface area contributed by atoms with Gasteiger partial charge in [0.05, 0.1) is 6.04 Å². The molecule has 0 spiro atoms. The van der Waals surface area contributed by atoms with E-state index < -0.39 is 34.6 Å². The molecule has 0 aliphatic heterocycles. The molecule has 1 aromatic heterocycles. The standard InChI is InChI=1S/C20H32N4O6/c1-19(2,3)29-17(27)22-13-10-8-7-9-12(13)21-14-11-24(16(26)23-15(14)25)18(28)30-20(4,5)6/h11-13,21H,7-10H2,1-6H3,(H,22,27)(H,23,25,26)/t12-,13+/m0/s1. The Hall–Kier alpha value is -2.78. The van der Waals surface area contributed by atoms with Gasteiger partial charge in [0.25, 0.3) is 5.56 Å². The molecule has 1 aliphatic rings. The molecule has 1 amide bonds. The van der Waals surface area contributed by atoms with E-state index in [2.05, 4.69) is 15.6 Å². The second-order valence-corrected chi connectivity index (χ2v) is 9.44. The van der Waals surface area contributed by atoms with Crippen molar-refractivity contribution >= 4 is 17.9 Å². The van der Waals surface area contributed by atoms with E-state index in [-0.39, 0.29) is 17.8 Å². The summed E-state index contributed by atoms with van der Waals surface area (Å²) in [5.41, 5.74) is -2.91. The highest BCUT2D eigenvalue weighted by molar-refractivity contribution is 5.71. The summed E-state index contributed by atoms with van der Waals surface area (Å²) in [6.45, 7) is 10.4. The highest BCUT2D eigenvalue weighted by atomic mass is 16.6. The number of amides is 1. The van der Waals surface area contributed by atoms with E-state index in [1.165, 1.54) is 0 Å². The minimum Gasteiger partial charge on any atom is -0.444 e. The van der Waals surface area contributed by atoms with Gasteiger partial charge in [-0.2, -0.15) is 0 Å². The van der Waals surface area contributed by atoms with Crippen LogP contribution in [0.5, 0.6) is 0 Å². The smallest absolute Gasteiger partial charge is 0.422 e. The van der Waals surface area contributed by atoms with Crippen molar-refractivity contribution in [1.82, 2.24) is 14.9 Å². The lowest BCUT2D eigenvalue weighted by Crippen LogP contribution is -2.50. The zero-order valence-electron chi connectivity index (χ0n) is 18.5. The van der Waals surface area contributed by atoms with Crippen molar-refractivity contribution in [3.8, 4) is 0 Å². The largest absolute Gasteiger partial charge is 0.444 e. The molecule has 0 radical (unpaired) electrons. The van der Waals surface area contributed by atoms with E-state index in [0.29, 0.717) is 17.4 Å². The molecule has 10 nitrogen and oxygen atoms in total. The number of ether oxygens (including phenoxy) is 2. The number of carbonyl (C=O) groups is 2. The third kappa shape index (κ3) is 6.93. The molecule has 0 unspecified atom stereocenters. The Morgan fingerprint density at radius 3 is 2.13 bits per heavy atom. The Morgan fingerprint density at radius 1 is 1.00 bits per heavy atom. The van der Waals surface area contributed by atoms with Gasteiger partial charge in [0.1, 0.15) is 16.9 Å². The molecule has 168 valence electrons. The van der Waals surface area contributed by atoms with Crippen LogP contribution in [0.4, 0.5) is 15.3 Å². The van der Waals surface area contributed by atoms with Crippen LogP contribution >= 0.6 is 0 Å². The minimum atomic E-state index is -0.890. The van der Waals surface area contributed by atoms with E-state index in [1.54, 1.807) is 41.5 Å². The Kier molecular flexibility index (Phi) is 6.99. The van der Waals surface area contributed by atoms with Gasteiger partial charge in [-0.05, 0) is 54.4 Å². The number of nitrogens with one attached hydrogen (secondary N) is 3. The molecule has 1 aliphatic carbocycles. The second-order valence-electron chi connectivity index (χ2n) is 9.44. The average Bonchev–Trinajstić information content (AvgIpc) is 2.55. The summed E-state index contributed by atoms with van der Waals surface area (Å²) >= 11 is 0. The first-order valence-corrected chi connectivity index (χ1v) is 10.1. The normalized spacial score (nSPS) is 19.7. The molecule has 2 atom stereocenters. The number of H-pyrrole nitrogens is 1. The summed E-state index contributed by atoms with van der Waals surface area (Å²) < 4.78 is 11.2. The highest BCUT2D eigenvalue weighted by Gasteiger charge is 2.29. The van der Waals surface area contributed by atoms with Gasteiger partial charge in [0, 0.05) is 12.2 Å². The predicted molar refractivity (Wildman–Crippen MR) is 112 cm³/mol. The van der Waals surface area contributed by atoms with Crippen LogP contribution < -0.4 is 21.9 Å². The molecule has 10 heteroatoms. The van der Waals surface area contributed by atoms with E-state index >= 15 is 0 Å². The van der Waals surface area contributed by atoms with E-state index in [9.17, 15) is 19.2 Å². The number of alkyl carbamates (subject to hydrolysis) is 1. The molecule has 0 saturated heterocycles. The van der Waals surface area contributed by atoms with E-state index in [4.69, 9.17) is 9.47 Å². The summed E-state index contributed by atoms with van der Waals surface area (Å²) in [7, 11) is 0. The maximum absolute atomic E-state index is 12.3. The van der Waals surface area contributed by atoms with Crippen molar-refractivity contribution in [3.63, 3.8) is 0 Å². The lowest BCUT2D eigenvalue weighted by atomic mass is 9.90. The highest BCUT2D eigenvalue weighted by Crippen LogP contribution is 2.22. The molecule has 1 fully saturated rings. The first kappa shape index (κ1) is 23.5. The van der Waals surface area contributed by atoms with Crippen molar-refractivity contribution in [2.45, 2.75) is 90.5 Å². The fraction of sp³-hybridized carbons (Fsp3) is 0.700. The number of aromatic amines is 1. The molecule has 1 saturated carbocycles. The van der Waals surface area contributed by atoms with Crippen LogP contribution in [0.15, 0.2) is 15.8 Å². The van der Waals surface area contributed by atoms with Crippen molar-refractivity contribution in [3.05, 3.63) is 27.0 Å². The van der Waals surface area contributed by atoms with Crippen LogP contribution in [-0.2, 0) is 9.47 Å². The molecule has 3 N–H and O–H groups in total. The molecular formula is C20H32N4O6. The number of carbonyl (C=O) groups excluding carboxylic acids is 2. The Balaban J connectivity index is 2.21. The van der Waals surface area contributed by atoms with Crippen LogP contribution in [0, 0.1) is 0 Å². The van der Waals surface area contributed by atoms with Gasteiger partial charge in [-0.1, -0.05) is 12.8 Å². The molecule has 30 heavy (non-hydrogen) atoms. The summed E-state index contributed by atoms with van der Waals surface area (Å²) in [5.74, 6) is 0. The van der Waals surface area contributed by atoms with E-state index in [0.717, 1.165) is 19.0 Å². The first-order chi connectivity index (χ1) is 13.7. The zero-order chi connectivity index (χ0) is 22.7. The fourth-order valence-electron chi connectivity index (χ4n) is 3.16. The summed E-state index contributed by atoms with van der Waals surface area (Å²) in [6.07, 6.45) is 2.95. The van der Waals surface area contributed by atoms with Gasteiger partial charge in [0.2, 0.25) is 0 Å². The fourth-order valence-corrected chi connectivity index (χ4v) is 3.16. The number of rotatable bonds is 3. The third-order valence-corrected chi connectivity index (χ3v) is 4.34. The van der Waals surface area contributed by atoms with Gasteiger partial charge in [-0.25, -0.2) is 19.0 Å². The first-order valence-electron chi connectivity index (χ1n) is 10.1. The van der Waals surface area contributed by atoms with Crippen molar-refractivity contribution < 1.29 is 19.1 Å². The minimum absolute atomic E-state index is 0.0448. The number of aromatic nitrogens is 2. The Morgan fingerprint density at radius 2 is 1.57 bits per heavy atom. The van der Waals surface area contributed by atoms with Crippen molar-refractivity contribution in [1.29, 1.82) is 0 Å². The third-order valence-electron chi connectivity index (χ3n) is 4.34. The van der Waals surface area contributed by atoms with Gasteiger partial charge in [-0.15, -0.1) is 0 Å². The zero-order valence-corrected chi connectivity index (χ0v) is 18.5. The summed E-state index contributed by atoms with van der Waals surface area (Å²) in [6, 6.07) is -0.535. The maximum atomic E-state index is 12.3.